The molecule has 2 aromatic heterocycles. The fraction of sp³-hybridized carbons (Fsp3) is 0.121. The predicted octanol–water partition coefficient (Wildman–Crippen LogP) is 5.69. The van der Waals surface area contributed by atoms with E-state index in [2.05, 4.69) is 0 Å². The van der Waals surface area contributed by atoms with Gasteiger partial charge in [-0.3, -0.25) is 9.36 Å². The van der Waals surface area contributed by atoms with Gasteiger partial charge in [-0.15, -0.1) is 0 Å². The van der Waals surface area contributed by atoms with Crippen LogP contribution in [0.5, 0.6) is 5.75 Å². The maximum Gasteiger partial charge on any atom is 0.338 e. The van der Waals surface area contributed by atoms with E-state index < -0.39 is 12.0 Å². The third-order valence-electron chi connectivity index (χ3n) is 6.62. The summed E-state index contributed by atoms with van der Waals surface area (Å²) in [6.45, 7) is 1.94. The van der Waals surface area contributed by atoms with E-state index in [1.165, 1.54) is 23.1 Å². The summed E-state index contributed by atoms with van der Waals surface area (Å²) in [5, 5.41) is 0.713. The van der Waals surface area contributed by atoms with E-state index in [-0.39, 0.29) is 17.7 Å². The summed E-state index contributed by atoms with van der Waals surface area (Å²) in [5.41, 5.74) is 1.92. The van der Waals surface area contributed by atoms with Crippen LogP contribution in [0.15, 0.2) is 127 Å². The van der Waals surface area contributed by atoms with Gasteiger partial charge in [0.05, 0.1) is 35.6 Å². The number of fused-ring (bicyclic) bond motifs is 1. The van der Waals surface area contributed by atoms with Gasteiger partial charge in [0.15, 0.2) is 9.89 Å². The molecule has 210 valence electrons. The largest absolute Gasteiger partial charge is 0.497 e. The van der Waals surface area contributed by atoms with Crippen LogP contribution >= 0.6 is 23.1 Å². The molecule has 1 atom stereocenters. The quantitative estimate of drug-likeness (QED) is 0.215. The van der Waals surface area contributed by atoms with E-state index in [1.54, 1.807) is 24.7 Å². The Morgan fingerprint density at radius 3 is 2.52 bits per heavy atom. The van der Waals surface area contributed by atoms with Gasteiger partial charge in [0.25, 0.3) is 5.56 Å². The van der Waals surface area contributed by atoms with E-state index in [0.29, 0.717) is 37.2 Å². The van der Waals surface area contributed by atoms with Gasteiger partial charge in [-0.1, -0.05) is 83.8 Å². The lowest BCUT2D eigenvalue weighted by Crippen LogP contribution is -2.40. The van der Waals surface area contributed by atoms with Gasteiger partial charge in [-0.25, -0.2) is 9.79 Å². The Bertz CT molecular complexity index is 1960. The van der Waals surface area contributed by atoms with Crippen LogP contribution in [0.4, 0.5) is 0 Å². The van der Waals surface area contributed by atoms with Crippen LogP contribution in [-0.4, -0.2) is 24.3 Å². The van der Waals surface area contributed by atoms with Gasteiger partial charge < -0.3 is 13.9 Å². The second-order valence-corrected chi connectivity index (χ2v) is 11.4. The van der Waals surface area contributed by atoms with Crippen LogP contribution < -0.4 is 19.6 Å². The van der Waals surface area contributed by atoms with Gasteiger partial charge in [0.1, 0.15) is 11.5 Å². The van der Waals surface area contributed by atoms with Crippen LogP contribution in [0.25, 0.3) is 11.8 Å². The number of carbonyl (C=O) groups excluding carboxylic acids is 1. The first-order chi connectivity index (χ1) is 20.6. The topological polar surface area (TPSA) is 83.0 Å². The van der Waals surface area contributed by atoms with E-state index in [9.17, 15) is 9.59 Å². The first-order valence-corrected chi connectivity index (χ1v) is 14.9. The lowest BCUT2D eigenvalue weighted by atomic mass is 9.93. The second-order valence-electron chi connectivity index (χ2n) is 9.28. The number of benzene rings is 3. The fourth-order valence-corrected chi connectivity index (χ4v) is 6.55. The van der Waals surface area contributed by atoms with Gasteiger partial charge >= 0.3 is 5.97 Å². The first-order valence-electron chi connectivity index (χ1n) is 13.3. The molecule has 1 aliphatic heterocycles. The number of aromatic nitrogens is 1. The lowest BCUT2D eigenvalue weighted by molar-refractivity contribution is -0.138. The molecular weight excluding hydrogens is 569 g/mol. The van der Waals surface area contributed by atoms with Crippen molar-refractivity contribution < 1.29 is 18.7 Å². The maximum atomic E-state index is 14.1. The van der Waals surface area contributed by atoms with Crippen molar-refractivity contribution in [1.29, 1.82) is 0 Å². The molecule has 0 unspecified atom stereocenters. The summed E-state index contributed by atoms with van der Waals surface area (Å²) >= 11 is 2.75. The standard InChI is InChI=1S/C33H26N2O5S2/c1-3-39-32(37)28-29(21-11-6-4-7-12-21)34-33-35(30(28)22-13-10-14-23(19-22)38-2)31(36)26(42-33)20-24-17-18-27(40-24)41-25-15-8-5-9-16-25/h4-20,30H,3H2,1-2H3/b26-20+/t30-/m1/s1. The zero-order valence-electron chi connectivity index (χ0n) is 22.9. The zero-order valence-corrected chi connectivity index (χ0v) is 24.5. The minimum Gasteiger partial charge on any atom is -0.497 e. The highest BCUT2D eigenvalue weighted by molar-refractivity contribution is 7.99. The van der Waals surface area contributed by atoms with Crippen molar-refractivity contribution >= 4 is 40.8 Å². The number of furan rings is 1. The number of hydrogen-bond acceptors (Lipinski definition) is 8. The third-order valence-corrected chi connectivity index (χ3v) is 8.53. The van der Waals surface area contributed by atoms with Crippen molar-refractivity contribution in [2.75, 3.05) is 13.7 Å². The molecule has 42 heavy (non-hydrogen) atoms. The molecule has 0 fully saturated rings. The van der Waals surface area contributed by atoms with Crippen molar-refractivity contribution in [1.82, 2.24) is 4.57 Å². The zero-order chi connectivity index (χ0) is 29.1. The highest BCUT2D eigenvalue weighted by Crippen LogP contribution is 2.36. The average molecular weight is 595 g/mol. The summed E-state index contributed by atoms with van der Waals surface area (Å²) < 4.78 is 19.0. The number of rotatable bonds is 8. The number of nitrogens with zero attached hydrogens (tertiary/aromatic N) is 2. The summed E-state index contributed by atoms with van der Waals surface area (Å²) in [7, 11) is 1.58. The Hall–Kier alpha value is -4.60. The molecule has 3 aromatic carbocycles. The lowest BCUT2D eigenvalue weighted by Gasteiger charge is -2.26. The summed E-state index contributed by atoms with van der Waals surface area (Å²) in [4.78, 5) is 34.0. The molecule has 1 aliphatic rings. The average Bonchev–Trinajstić information content (AvgIpc) is 3.60. The summed E-state index contributed by atoms with van der Waals surface area (Å²) in [5.74, 6) is 0.621. The van der Waals surface area contributed by atoms with Gasteiger partial charge in [0, 0.05) is 16.5 Å². The molecule has 7 nitrogen and oxygen atoms in total. The van der Waals surface area contributed by atoms with Crippen molar-refractivity contribution in [3.05, 3.63) is 139 Å². The van der Waals surface area contributed by atoms with Crippen molar-refractivity contribution in [2.24, 2.45) is 4.99 Å². The number of ether oxygens (including phenoxy) is 2. The Kier molecular flexibility index (Phi) is 7.94. The van der Waals surface area contributed by atoms with E-state index >= 15 is 0 Å². The smallest absolute Gasteiger partial charge is 0.338 e. The Labute approximate surface area is 250 Å². The normalized spacial score (nSPS) is 14.8. The molecule has 6 rings (SSSR count). The SMILES string of the molecule is CCOC(=O)C1=C(c2ccccc2)N=c2s/c(=C/c3ccc(Sc4ccccc4)o3)c(=O)n2[C@@H]1c1cccc(OC)c1. The van der Waals surface area contributed by atoms with Gasteiger partial charge in [-0.05, 0) is 48.9 Å². The molecular formula is C33H26N2O5S2. The maximum absolute atomic E-state index is 14.1. The molecule has 0 saturated carbocycles. The molecule has 0 radical (unpaired) electrons. The summed E-state index contributed by atoms with van der Waals surface area (Å²) in [6.07, 6.45) is 1.72. The molecule has 0 N–H and O–H groups in total. The highest BCUT2D eigenvalue weighted by Gasteiger charge is 2.35. The summed E-state index contributed by atoms with van der Waals surface area (Å²) in [6, 6.07) is 29.7. The monoisotopic (exact) mass is 594 g/mol. The Balaban J connectivity index is 1.53. The Morgan fingerprint density at radius 2 is 1.79 bits per heavy atom. The van der Waals surface area contributed by atoms with Crippen LogP contribution in [0, 0.1) is 0 Å². The van der Waals surface area contributed by atoms with Crippen molar-refractivity contribution in [3.8, 4) is 5.75 Å². The molecule has 0 saturated heterocycles. The number of hydrogen-bond donors (Lipinski definition) is 0. The third kappa shape index (κ3) is 5.48. The van der Waals surface area contributed by atoms with E-state index in [0.717, 1.165) is 10.5 Å². The van der Waals surface area contributed by atoms with Crippen molar-refractivity contribution in [3.63, 3.8) is 0 Å². The molecule has 9 heteroatoms. The van der Waals surface area contributed by atoms with Gasteiger partial charge in [0.2, 0.25) is 0 Å². The fourth-order valence-electron chi connectivity index (χ4n) is 4.77. The van der Waals surface area contributed by atoms with Crippen molar-refractivity contribution in [2.45, 2.75) is 23.0 Å². The molecule has 3 heterocycles. The van der Waals surface area contributed by atoms with Crippen LogP contribution in [-0.2, 0) is 9.53 Å². The number of carbonyl (C=O) groups is 1. The molecule has 0 spiro atoms. The molecule has 0 amide bonds. The molecule has 0 aliphatic carbocycles. The molecule has 5 aromatic rings. The van der Waals surface area contributed by atoms with E-state index in [1.807, 2.05) is 97.1 Å². The van der Waals surface area contributed by atoms with Gasteiger partial charge in [-0.2, -0.15) is 0 Å². The molecule has 0 bridgehead atoms. The number of esters is 1. The minimum atomic E-state index is -0.784. The Morgan fingerprint density at radius 1 is 1.02 bits per heavy atom. The van der Waals surface area contributed by atoms with Crippen LogP contribution in [0.2, 0.25) is 0 Å². The van der Waals surface area contributed by atoms with Crippen LogP contribution in [0.1, 0.15) is 29.9 Å². The van der Waals surface area contributed by atoms with E-state index in [4.69, 9.17) is 18.9 Å². The first kappa shape index (κ1) is 27.6. The minimum absolute atomic E-state index is 0.182. The number of methoxy groups -OCH3 is 1. The highest BCUT2D eigenvalue weighted by atomic mass is 32.2. The number of thiazole rings is 1. The van der Waals surface area contributed by atoms with Crippen LogP contribution in [0.3, 0.4) is 0 Å². The predicted molar refractivity (Wildman–Crippen MR) is 163 cm³/mol. The second kappa shape index (κ2) is 12.1.